The molecule has 1 fully saturated rings. The Labute approximate surface area is 102 Å². The smallest absolute Gasteiger partial charge is 0.242 e. The van der Waals surface area contributed by atoms with E-state index in [-0.39, 0.29) is 11.9 Å². The first kappa shape index (κ1) is 11.9. The molecule has 0 aliphatic carbocycles. The van der Waals surface area contributed by atoms with Crippen molar-refractivity contribution in [1.29, 1.82) is 0 Å². The van der Waals surface area contributed by atoms with E-state index >= 15 is 0 Å². The Hall–Kier alpha value is -1.55. The zero-order chi connectivity index (χ0) is 12.4. The average Bonchev–Trinajstić information content (AvgIpc) is 2.60. The molecule has 2 rings (SSSR count). The Morgan fingerprint density at radius 3 is 2.71 bits per heavy atom. The summed E-state index contributed by atoms with van der Waals surface area (Å²) < 4.78 is 0. The van der Waals surface area contributed by atoms with E-state index in [1.165, 1.54) is 5.56 Å². The lowest BCUT2D eigenvalue weighted by atomic mass is 10.1. The summed E-state index contributed by atoms with van der Waals surface area (Å²) in [7, 11) is 1.82. The van der Waals surface area contributed by atoms with Crippen molar-refractivity contribution in [3.63, 3.8) is 0 Å². The van der Waals surface area contributed by atoms with Crippen molar-refractivity contribution >= 4 is 11.6 Å². The molecular weight excluding hydrogens is 214 g/mol. The van der Waals surface area contributed by atoms with Crippen LogP contribution < -0.4 is 10.7 Å². The third kappa shape index (κ3) is 2.42. The number of rotatable bonds is 3. The summed E-state index contributed by atoms with van der Waals surface area (Å²) in [4.78, 5) is 11.6. The van der Waals surface area contributed by atoms with Crippen molar-refractivity contribution in [3.8, 4) is 0 Å². The van der Waals surface area contributed by atoms with Crippen LogP contribution in [0.3, 0.4) is 0 Å². The molecular formula is C13H19N3O. The molecule has 1 aliphatic rings. The van der Waals surface area contributed by atoms with Crippen LogP contribution in [0.2, 0.25) is 0 Å². The van der Waals surface area contributed by atoms with Crippen LogP contribution in [0.25, 0.3) is 0 Å². The summed E-state index contributed by atoms with van der Waals surface area (Å²) in [5.74, 6) is 0.167. The maximum Gasteiger partial charge on any atom is 0.242 e. The highest BCUT2D eigenvalue weighted by molar-refractivity contribution is 5.81. The molecule has 0 saturated carbocycles. The predicted octanol–water partition coefficient (Wildman–Crippen LogP) is 1.16. The van der Waals surface area contributed by atoms with Crippen LogP contribution in [0.15, 0.2) is 24.3 Å². The topological polar surface area (TPSA) is 49.6 Å². The Morgan fingerprint density at radius 1 is 1.41 bits per heavy atom. The Balaban J connectivity index is 2.28. The lowest BCUT2D eigenvalue weighted by Crippen LogP contribution is -2.36. The standard InChI is InChI=1S/C13H19N3O/c1-10(14)9-11-5-3-4-6-12(11)16-8-7-13(17)15(16)2/h3-6,10H,7-9,14H2,1-2H3. The van der Waals surface area contributed by atoms with Crippen LogP contribution in [0.1, 0.15) is 18.9 Å². The van der Waals surface area contributed by atoms with Crippen molar-refractivity contribution in [1.82, 2.24) is 5.01 Å². The van der Waals surface area contributed by atoms with Gasteiger partial charge >= 0.3 is 0 Å². The van der Waals surface area contributed by atoms with Gasteiger partial charge in [-0.1, -0.05) is 18.2 Å². The normalized spacial score (nSPS) is 17.7. The van der Waals surface area contributed by atoms with Gasteiger partial charge in [-0.25, -0.2) is 0 Å². The number of amides is 1. The fourth-order valence-corrected chi connectivity index (χ4v) is 2.21. The van der Waals surface area contributed by atoms with Gasteiger partial charge < -0.3 is 5.73 Å². The first-order valence-electron chi connectivity index (χ1n) is 5.97. The summed E-state index contributed by atoms with van der Waals surface area (Å²) >= 11 is 0. The lowest BCUT2D eigenvalue weighted by Gasteiger charge is -2.28. The van der Waals surface area contributed by atoms with Gasteiger partial charge in [-0.2, -0.15) is 0 Å². The molecule has 4 nitrogen and oxygen atoms in total. The van der Waals surface area contributed by atoms with Crippen molar-refractivity contribution in [3.05, 3.63) is 29.8 Å². The Bertz CT molecular complexity index is 417. The summed E-state index contributed by atoms with van der Waals surface area (Å²) in [6, 6.07) is 8.26. The fourth-order valence-electron chi connectivity index (χ4n) is 2.21. The molecule has 1 aromatic rings. The van der Waals surface area contributed by atoms with E-state index in [1.807, 2.05) is 37.2 Å². The van der Waals surface area contributed by atoms with E-state index in [1.54, 1.807) is 5.01 Å². The van der Waals surface area contributed by atoms with Gasteiger partial charge in [0.05, 0.1) is 5.69 Å². The fraction of sp³-hybridized carbons (Fsp3) is 0.462. The number of carbonyl (C=O) groups is 1. The van der Waals surface area contributed by atoms with E-state index in [9.17, 15) is 4.79 Å². The van der Waals surface area contributed by atoms with Gasteiger partial charge in [0.2, 0.25) is 5.91 Å². The van der Waals surface area contributed by atoms with Gasteiger partial charge in [0.25, 0.3) is 0 Å². The molecule has 1 aromatic carbocycles. The monoisotopic (exact) mass is 233 g/mol. The van der Waals surface area contributed by atoms with Gasteiger partial charge in [0.1, 0.15) is 0 Å². The van der Waals surface area contributed by atoms with Gasteiger partial charge in [0.15, 0.2) is 0 Å². The SMILES string of the molecule is CC(N)Cc1ccccc1N1CCC(=O)N1C. The molecule has 4 heteroatoms. The maximum absolute atomic E-state index is 11.6. The summed E-state index contributed by atoms with van der Waals surface area (Å²) in [5, 5.41) is 3.72. The van der Waals surface area contributed by atoms with E-state index < -0.39 is 0 Å². The molecule has 92 valence electrons. The molecule has 1 unspecified atom stereocenters. The number of hydrazine groups is 1. The number of para-hydroxylation sites is 1. The summed E-state index contributed by atoms with van der Waals surface area (Å²) in [5.41, 5.74) is 8.15. The number of hydrogen-bond donors (Lipinski definition) is 1. The Morgan fingerprint density at radius 2 is 2.12 bits per heavy atom. The van der Waals surface area contributed by atoms with Gasteiger partial charge in [0, 0.05) is 26.1 Å². The average molecular weight is 233 g/mol. The highest BCUT2D eigenvalue weighted by Gasteiger charge is 2.26. The van der Waals surface area contributed by atoms with Crippen LogP contribution in [0, 0.1) is 0 Å². The van der Waals surface area contributed by atoms with Crippen LogP contribution >= 0.6 is 0 Å². The van der Waals surface area contributed by atoms with Crippen LogP contribution in [-0.4, -0.2) is 30.6 Å². The van der Waals surface area contributed by atoms with E-state index in [2.05, 4.69) is 6.07 Å². The van der Waals surface area contributed by atoms with Crippen LogP contribution in [-0.2, 0) is 11.2 Å². The number of anilines is 1. The van der Waals surface area contributed by atoms with E-state index in [0.29, 0.717) is 6.42 Å². The van der Waals surface area contributed by atoms with Crippen molar-refractivity contribution < 1.29 is 4.79 Å². The second kappa shape index (κ2) is 4.75. The minimum absolute atomic E-state index is 0.125. The summed E-state index contributed by atoms with van der Waals surface area (Å²) in [6.45, 7) is 2.75. The molecule has 0 bridgehead atoms. The molecule has 0 aromatic heterocycles. The van der Waals surface area contributed by atoms with E-state index in [4.69, 9.17) is 5.73 Å². The van der Waals surface area contributed by atoms with E-state index in [0.717, 1.165) is 18.7 Å². The molecule has 1 heterocycles. The number of benzene rings is 1. The van der Waals surface area contributed by atoms with Gasteiger partial charge in [-0.3, -0.25) is 14.8 Å². The number of carbonyl (C=O) groups excluding carboxylic acids is 1. The first-order chi connectivity index (χ1) is 8.09. The van der Waals surface area contributed by atoms with Gasteiger partial charge in [-0.05, 0) is 25.0 Å². The molecule has 1 atom stereocenters. The number of hydrogen-bond acceptors (Lipinski definition) is 3. The van der Waals surface area contributed by atoms with Crippen LogP contribution in [0.5, 0.6) is 0 Å². The third-order valence-electron chi connectivity index (χ3n) is 3.07. The molecule has 0 spiro atoms. The van der Waals surface area contributed by atoms with Crippen molar-refractivity contribution in [2.45, 2.75) is 25.8 Å². The zero-order valence-corrected chi connectivity index (χ0v) is 10.4. The minimum Gasteiger partial charge on any atom is -0.328 e. The quantitative estimate of drug-likeness (QED) is 0.852. The third-order valence-corrected chi connectivity index (χ3v) is 3.07. The maximum atomic E-state index is 11.6. The second-order valence-electron chi connectivity index (χ2n) is 4.60. The first-order valence-corrected chi connectivity index (χ1v) is 5.97. The molecule has 17 heavy (non-hydrogen) atoms. The van der Waals surface area contributed by atoms with Crippen molar-refractivity contribution in [2.24, 2.45) is 5.73 Å². The highest BCUT2D eigenvalue weighted by Crippen LogP contribution is 2.26. The molecule has 1 amide bonds. The molecule has 0 radical (unpaired) electrons. The zero-order valence-electron chi connectivity index (χ0n) is 10.4. The largest absolute Gasteiger partial charge is 0.328 e. The molecule has 1 saturated heterocycles. The molecule has 1 aliphatic heterocycles. The minimum atomic E-state index is 0.125. The lowest BCUT2D eigenvalue weighted by molar-refractivity contribution is -0.126. The predicted molar refractivity (Wildman–Crippen MR) is 68.5 cm³/mol. The summed E-state index contributed by atoms with van der Waals surface area (Å²) in [6.07, 6.45) is 1.41. The highest BCUT2D eigenvalue weighted by atomic mass is 16.2. The second-order valence-corrected chi connectivity index (χ2v) is 4.60. The van der Waals surface area contributed by atoms with Gasteiger partial charge in [-0.15, -0.1) is 0 Å². The number of nitrogens with zero attached hydrogens (tertiary/aromatic N) is 2. The number of nitrogens with two attached hydrogens (primary N) is 1. The van der Waals surface area contributed by atoms with Crippen molar-refractivity contribution in [2.75, 3.05) is 18.6 Å². The molecule has 2 N–H and O–H groups in total. The van der Waals surface area contributed by atoms with Crippen LogP contribution in [0.4, 0.5) is 5.69 Å². The Kier molecular flexibility index (Phi) is 3.33.